The first-order chi connectivity index (χ1) is 9.38. The zero-order valence-corrected chi connectivity index (χ0v) is 12.0. The molecular weight excluding hydrogens is 236 g/mol. The number of rotatable bonds is 7. The molecule has 1 unspecified atom stereocenters. The lowest BCUT2D eigenvalue weighted by molar-refractivity contribution is 0.309. The van der Waals surface area contributed by atoms with E-state index in [0.29, 0.717) is 0 Å². The van der Waals surface area contributed by atoms with E-state index in [-0.39, 0.29) is 0 Å². The maximum Gasteiger partial charge on any atom is 0.119 e. The molecule has 1 fully saturated rings. The molecule has 2 N–H and O–H groups in total. The molecule has 3 nitrogen and oxygen atoms in total. The second kappa shape index (κ2) is 8.05. The highest BCUT2D eigenvalue weighted by Crippen LogP contribution is 2.17. The Labute approximate surface area is 116 Å². The van der Waals surface area contributed by atoms with E-state index < -0.39 is 0 Å². The summed E-state index contributed by atoms with van der Waals surface area (Å²) < 4.78 is 5.66. The van der Waals surface area contributed by atoms with Gasteiger partial charge in [-0.2, -0.15) is 0 Å². The lowest BCUT2D eigenvalue weighted by atomic mass is 10.00. The van der Waals surface area contributed by atoms with E-state index in [1.807, 2.05) is 0 Å². The third-order valence-corrected chi connectivity index (χ3v) is 3.61. The number of anilines is 1. The fourth-order valence-electron chi connectivity index (χ4n) is 2.36. The van der Waals surface area contributed by atoms with Crippen LogP contribution in [0.15, 0.2) is 24.3 Å². The van der Waals surface area contributed by atoms with Crippen molar-refractivity contribution in [1.29, 1.82) is 0 Å². The van der Waals surface area contributed by atoms with Crippen LogP contribution in [0.1, 0.15) is 32.6 Å². The Balaban J connectivity index is 1.71. The van der Waals surface area contributed by atoms with Gasteiger partial charge in [-0.05, 0) is 62.5 Å². The van der Waals surface area contributed by atoms with Gasteiger partial charge >= 0.3 is 0 Å². The smallest absolute Gasteiger partial charge is 0.119 e. The first-order valence-electron chi connectivity index (χ1n) is 7.56. The van der Waals surface area contributed by atoms with Crippen molar-refractivity contribution in [3.63, 3.8) is 0 Å². The van der Waals surface area contributed by atoms with Crippen LogP contribution in [0.3, 0.4) is 0 Å². The van der Waals surface area contributed by atoms with Crippen molar-refractivity contribution in [1.82, 2.24) is 5.32 Å². The standard InChI is InChI=1S/C16H26N2O/c1-2-3-11-19-16-8-6-15(7-9-16)18-13-14-5-4-10-17-12-14/h6-9,14,17-18H,2-5,10-13H2,1H3. The van der Waals surface area contributed by atoms with Crippen LogP contribution in [0.2, 0.25) is 0 Å². The second-order valence-corrected chi connectivity index (χ2v) is 5.32. The predicted molar refractivity (Wildman–Crippen MR) is 80.9 cm³/mol. The van der Waals surface area contributed by atoms with E-state index in [1.165, 1.54) is 31.5 Å². The molecule has 1 saturated heterocycles. The van der Waals surface area contributed by atoms with Crippen molar-refractivity contribution >= 4 is 5.69 Å². The van der Waals surface area contributed by atoms with Gasteiger partial charge in [0.05, 0.1) is 6.61 Å². The summed E-state index contributed by atoms with van der Waals surface area (Å²) in [6.45, 7) is 6.38. The first kappa shape index (κ1) is 14.2. The number of benzene rings is 1. The largest absolute Gasteiger partial charge is 0.494 e. The number of hydrogen-bond donors (Lipinski definition) is 2. The van der Waals surface area contributed by atoms with E-state index in [4.69, 9.17) is 4.74 Å². The molecule has 0 spiro atoms. The van der Waals surface area contributed by atoms with Crippen LogP contribution in [-0.4, -0.2) is 26.2 Å². The van der Waals surface area contributed by atoms with Crippen molar-refractivity contribution in [3.05, 3.63) is 24.3 Å². The Hall–Kier alpha value is -1.22. The van der Waals surface area contributed by atoms with Gasteiger partial charge in [0, 0.05) is 12.2 Å². The lowest BCUT2D eigenvalue weighted by Crippen LogP contribution is -2.33. The lowest BCUT2D eigenvalue weighted by Gasteiger charge is -2.23. The third-order valence-electron chi connectivity index (χ3n) is 3.61. The zero-order valence-electron chi connectivity index (χ0n) is 12.0. The second-order valence-electron chi connectivity index (χ2n) is 5.32. The molecule has 0 aromatic heterocycles. The molecule has 0 saturated carbocycles. The number of unbranched alkanes of at least 4 members (excludes halogenated alkanes) is 1. The molecule has 0 radical (unpaired) electrons. The Morgan fingerprint density at radius 1 is 1.32 bits per heavy atom. The summed E-state index contributed by atoms with van der Waals surface area (Å²) in [5.74, 6) is 1.73. The molecule has 0 aliphatic carbocycles. The average molecular weight is 262 g/mol. The van der Waals surface area contributed by atoms with Crippen molar-refractivity contribution in [2.24, 2.45) is 5.92 Å². The Bertz CT molecular complexity index is 344. The maximum absolute atomic E-state index is 5.66. The van der Waals surface area contributed by atoms with Gasteiger partial charge in [-0.15, -0.1) is 0 Å². The highest BCUT2D eigenvalue weighted by atomic mass is 16.5. The predicted octanol–water partition coefficient (Wildman–Crippen LogP) is 3.28. The van der Waals surface area contributed by atoms with E-state index in [9.17, 15) is 0 Å². The fourth-order valence-corrected chi connectivity index (χ4v) is 2.36. The van der Waals surface area contributed by atoms with E-state index in [2.05, 4.69) is 41.8 Å². The van der Waals surface area contributed by atoms with Gasteiger partial charge in [-0.1, -0.05) is 13.3 Å². The molecule has 1 aromatic rings. The summed E-state index contributed by atoms with van der Waals surface area (Å²) in [5, 5.41) is 6.96. The van der Waals surface area contributed by atoms with Gasteiger partial charge in [0.1, 0.15) is 5.75 Å². The summed E-state index contributed by atoms with van der Waals surface area (Å²) in [7, 11) is 0. The average Bonchev–Trinajstić information content (AvgIpc) is 2.48. The summed E-state index contributed by atoms with van der Waals surface area (Å²) >= 11 is 0. The Morgan fingerprint density at radius 2 is 2.16 bits per heavy atom. The molecule has 0 bridgehead atoms. The Morgan fingerprint density at radius 3 is 2.84 bits per heavy atom. The van der Waals surface area contributed by atoms with Crippen LogP contribution in [-0.2, 0) is 0 Å². The maximum atomic E-state index is 5.66. The minimum Gasteiger partial charge on any atom is -0.494 e. The normalized spacial score (nSPS) is 19.1. The van der Waals surface area contributed by atoms with Gasteiger partial charge in [0.2, 0.25) is 0 Å². The highest BCUT2D eigenvalue weighted by Gasteiger charge is 2.12. The van der Waals surface area contributed by atoms with Crippen molar-refractivity contribution in [2.45, 2.75) is 32.6 Å². The molecule has 1 heterocycles. The van der Waals surface area contributed by atoms with Gasteiger partial charge in [-0.3, -0.25) is 0 Å². The molecule has 1 aliphatic heterocycles. The monoisotopic (exact) mass is 262 g/mol. The molecule has 19 heavy (non-hydrogen) atoms. The molecule has 1 atom stereocenters. The third kappa shape index (κ3) is 5.11. The number of hydrogen-bond acceptors (Lipinski definition) is 3. The van der Waals surface area contributed by atoms with Crippen LogP contribution >= 0.6 is 0 Å². The van der Waals surface area contributed by atoms with Crippen LogP contribution in [0.5, 0.6) is 5.75 Å². The number of ether oxygens (including phenoxy) is 1. The van der Waals surface area contributed by atoms with Crippen LogP contribution in [0.25, 0.3) is 0 Å². The van der Waals surface area contributed by atoms with Gasteiger partial charge in [-0.25, -0.2) is 0 Å². The van der Waals surface area contributed by atoms with Crippen LogP contribution < -0.4 is 15.4 Å². The summed E-state index contributed by atoms with van der Waals surface area (Å²) in [6, 6.07) is 8.32. The van der Waals surface area contributed by atoms with Crippen molar-refractivity contribution in [3.8, 4) is 5.75 Å². The van der Waals surface area contributed by atoms with Gasteiger partial charge < -0.3 is 15.4 Å². The number of nitrogens with one attached hydrogen (secondary N) is 2. The molecule has 3 heteroatoms. The molecule has 0 amide bonds. The van der Waals surface area contributed by atoms with Gasteiger partial charge in [0.15, 0.2) is 0 Å². The fraction of sp³-hybridized carbons (Fsp3) is 0.625. The first-order valence-corrected chi connectivity index (χ1v) is 7.56. The van der Waals surface area contributed by atoms with Gasteiger partial charge in [0.25, 0.3) is 0 Å². The SMILES string of the molecule is CCCCOc1ccc(NCC2CCCNC2)cc1. The molecular formula is C16H26N2O. The molecule has 2 rings (SSSR count). The van der Waals surface area contributed by atoms with Crippen molar-refractivity contribution in [2.75, 3.05) is 31.6 Å². The quantitative estimate of drug-likeness (QED) is 0.740. The molecule has 106 valence electrons. The van der Waals surface area contributed by atoms with E-state index in [0.717, 1.165) is 37.8 Å². The summed E-state index contributed by atoms with van der Waals surface area (Å²) in [4.78, 5) is 0. The van der Waals surface area contributed by atoms with Crippen LogP contribution in [0, 0.1) is 5.92 Å². The topological polar surface area (TPSA) is 33.3 Å². The van der Waals surface area contributed by atoms with E-state index in [1.54, 1.807) is 0 Å². The minimum absolute atomic E-state index is 0.759. The number of piperidine rings is 1. The molecule has 1 aliphatic rings. The summed E-state index contributed by atoms with van der Waals surface area (Å²) in [6.07, 6.45) is 4.93. The zero-order chi connectivity index (χ0) is 13.3. The Kier molecular flexibility index (Phi) is 6.02. The van der Waals surface area contributed by atoms with Crippen LogP contribution in [0.4, 0.5) is 5.69 Å². The highest BCUT2D eigenvalue weighted by molar-refractivity contribution is 5.46. The van der Waals surface area contributed by atoms with E-state index >= 15 is 0 Å². The minimum atomic E-state index is 0.759. The molecule has 1 aromatic carbocycles. The van der Waals surface area contributed by atoms with Crippen molar-refractivity contribution < 1.29 is 4.74 Å². The summed E-state index contributed by atoms with van der Waals surface area (Å²) in [5.41, 5.74) is 1.19.